The van der Waals surface area contributed by atoms with Gasteiger partial charge in [-0.1, -0.05) is 91.4 Å². The molecule has 1 heterocycles. The van der Waals surface area contributed by atoms with Gasteiger partial charge in [-0.2, -0.15) is 0 Å². The minimum absolute atomic E-state index is 0.796. The van der Waals surface area contributed by atoms with E-state index in [1.54, 1.807) is 0 Å². The van der Waals surface area contributed by atoms with Crippen LogP contribution in [0.1, 0.15) is 116 Å². The highest BCUT2D eigenvalue weighted by Gasteiger charge is 2.20. The highest BCUT2D eigenvalue weighted by atomic mass is 16.5. The zero-order valence-corrected chi connectivity index (χ0v) is 22.8. The quantitative estimate of drug-likeness (QED) is 0.225. The number of ether oxygens (including phenoxy) is 1. The molecule has 1 atom stereocenters. The monoisotopic (exact) mass is 478 g/mol. The fraction of sp³-hybridized carbons (Fsp3) is 0.688. The average Bonchev–Trinajstić information content (AvgIpc) is 2.90. The van der Waals surface area contributed by atoms with Gasteiger partial charge in [-0.3, -0.25) is 0 Å². The zero-order chi connectivity index (χ0) is 24.7. The SMILES string of the molecule is CCCCCC1CCC(CCCOc2ccc(-c3ncc(CCCC[C@@H](C)CC)cn3)cc2)CC1. The van der Waals surface area contributed by atoms with Gasteiger partial charge in [0.05, 0.1) is 6.61 Å². The summed E-state index contributed by atoms with van der Waals surface area (Å²) in [6.45, 7) is 7.74. The van der Waals surface area contributed by atoms with Gasteiger partial charge < -0.3 is 4.74 Å². The zero-order valence-electron chi connectivity index (χ0n) is 22.8. The van der Waals surface area contributed by atoms with Crippen molar-refractivity contribution < 1.29 is 4.74 Å². The summed E-state index contributed by atoms with van der Waals surface area (Å²) < 4.78 is 6.03. The Labute approximate surface area is 215 Å². The molecule has 0 unspecified atom stereocenters. The Bertz CT molecular complexity index is 793. The molecule has 0 saturated heterocycles. The van der Waals surface area contributed by atoms with Crippen molar-refractivity contribution in [2.75, 3.05) is 6.61 Å². The molecule has 0 spiro atoms. The van der Waals surface area contributed by atoms with Gasteiger partial charge in [0.25, 0.3) is 0 Å². The lowest BCUT2D eigenvalue weighted by Gasteiger charge is -2.28. The van der Waals surface area contributed by atoms with Gasteiger partial charge in [0, 0.05) is 18.0 Å². The minimum atomic E-state index is 0.796. The third-order valence-electron chi connectivity index (χ3n) is 8.13. The number of aromatic nitrogens is 2. The van der Waals surface area contributed by atoms with Crippen molar-refractivity contribution in [2.24, 2.45) is 17.8 Å². The molecule has 35 heavy (non-hydrogen) atoms. The van der Waals surface area contributed by atoms with E-state index < -0.39 is 0 Å². The normalized spacial score (nSPS) is 18.9. The molecule has 1 aromatic carbocycles. The Kier molecular flexibility index (Phi) is 12.6. The number of hydrogen-bond acceptors (Lipinski definition) is 3. The summed E-state index contributed by atoms with van der Waals surface area (Å²) in [5.74, 6) is 4.51. The van der Waals surface area contributed by atoms with Crippen LogP contribution in [-0.2, 0) is 6.42 Å². The van der Waals surface area contributed by atoms with Crippen LogP contribution in [0.25, 0.3) is 11.4 Å². The van der Waals surface area contributed by atoms with Crippen molar-refractivity contribution in [3.8, 4) is 17.1 Å². The van der Waals surface area contributed by atoms with Gasteiger partial charge in [-0.05, 0) is 73.3 Å². The molecule has 0 amide bonds. The largest absolute Gasteiger partial charge is 0.494 e. The number of benzene rings is 1. The van der Waals surface area contributed by atoms with E-state index in [1.165, 1.54) is 89.0 Å². The van der Waals surface area contributed by atoms with E-state index in [-0.39, 0.29) is 0 Å². The predicted molar refractivity (Wildman–Crippen MR) is 149 cm³/mol. The van der Waals surface area contributed by atoms with Crippen LogP contribution in [0.2, 0.25) is 0 Å². The first-order chi connectivity index (χ1) is 17.2. The summed E-state index contributed by atoms with van der Waals surface area (Å²) in [4.78, 5) is 9.22. The van der Waals surface area contributed by atoms with Gasteiger partial charge in [0.1, 0.15) is 5.75 Å². The average molecular weight is 479 g/mol. The Balaban J connectivity index is 1.31. The summed E-state index contributed by atoms with van der Waals surface area (Å²) in [5, 5.41) is 0. The maximum atomic E-state index is 6.03. The smallest absolute Gasteiger partial charge is 0.159 e. The Hall–Kier alpha value is -1.90. The van der Waals surface area contributed by atoms with Crippen molar-refractivity contribution >= 4 is 0 Å². The summed E-state index contributed by atoms with van der Waals surface area (Å²) >= 11 is 0. The molecule has 3 rings (SSSR count). The second-order valence-electron chi connectivity index (χ2n) is 11.1. The minimum Gasteiger partial charge on any atom is -0.494 e. The molecule has 0 bridgehead atoms. The summed E-state index contributed by atoms with van der Waals surface area (Å²) in [6, 6.07) is 8.28. The highest BCUT2D eigenvalue weighted by Crippen LogP contribution is 2.34. The van der Waals surface area contributed by atoms with Crippen molar-refractivity contribution in [3.63, 3.8) is 0 Å². The van der Waals surface area contributed by atoms with Crippen molar-refractivity contribution in [1.82, 2.24) is 9.97 Å². The Morgan fingerprint density at radius 3 is 2.11 bits per heavy atom. The first kappa shape index (κ1) is 27.7. The van der Waals surface area contributed by atoms with Crippen molar-refractivity contribution in [2.45, 2.75) is 117 Å². The second kappa shape index (κ2) is 16.0. The fourth-order valence-electron chi connectivity index (χ4n) is 5.41. The molecular weight excluding hydrogens is 428 g/mol. The van der Waals surface area contributed by atoms with Crippen molar-refractivity contribution in [1.29, 1.82) is 0 Å². The topological polar surface area (TPSA) is 35.0 Å². The molecule has 0 radical (unpaired) electrons. The standard InChI is InChI=1S/C32H50N2O/c1-4-6-7-12-27-15-17-28(18-16-27)14-10-23-35-31-21-19-30(20-22-31)32-33-24-29(25-34-32)13-9-8-11-26(3)5-2/h19-22,24-28H,4-18,23H2,1-3H3/t26-,27?,28?/m0/s1. The number of hydrogen-bond donors (Lipinski definition) is 0. The third-order valence-corrected chi connectivity index (χ3v) is 8.13. The van der Waals surface area contributed by atoms with E-state index >= 15 is 0 Å². The Morgan fingerprint density at radius 2 is 1.49 bits per heavy atom. The molecule has 0 aliphatic heterocycles. The number of unbranched alkanes of at least 4 members (excludes halogenated alkanes) is 3. The molecule has 0 N–H and O–H groups in total. The number of aryl methyl sites for hydroxylation is 1. The lowest BCUT2D eigenvalue weighted by atomic mass is 9.78. The molecule has 2 aromatic rings. The Morgan fingerprint density at radius 1 is 0.829 bits per heavy atom. The van der Waals surface area contributed by atoms with E-state index in [4.69, 9.17) is 4.74 Å². The van der Waals surface area contributed by atoms with Crippen LogP contribution in [0.15, 0.2) is 36.7 Å². The van der Waals surface area contributed by atoms with Gasteiger partial charge >= 0.3 is 0 Å². The van der Waals surface area contributed by atoms with Gasteiger partial charge in [-0.25, -0.2) is 9.97 Å². The molecule has 3 heteroatoms. The number of nitrogens with zero attached hydrogens (tertiary/aromatic N) is 2. The maximum absolute atomic E-state index is 6.03. The molecule has 1 aliphatic rings. The molecule has 3 nitrogen and oxygen atoms in total. The second-order valence-corrected chi connectivity index (χ2v) is 11.1. The van der Waals surface area contributed by atoms with Gasteiger partial charge in [-0.15, -0.1) is 0 Å². The van der Waals surface area contributed by atoms with E-state index in [0.717, 1.165) is 54.3 Å². The van der Waals surface area contributed by atoms with E-state index in [0.29, 0.717) is 0 Å². The molecule has 194 valence electrons. The van der Waals surface area contributed by atoms with E-state index in [1.807, 2.05) is 12.4 Å². The lowest BCUT2D eigenvalue weighted by molar-refractivity contribution is 0.228. The van der Waals surface area contributed by atoms with Crippen LogP contribution in [0, 0.1) is 17.8 Å². The third kappa shape index (κ3) is 10.3. The molecule has 1 aliphatic carbocycles. The molecular formula is C32H50N2O. The summed E-state index contributed by atoms with van der Waals surface area (Å²) in [5.41, 5.74) is 2.29. The lowest BCUT2D eigenvalue weighted by Crippen LogP contribution is -2.15. The molecule has 1 fully saturated rings. The van der Waals surface area contributed by atoms with Crippen LogP contribution in [0.4, 0.5) is 0 Å². The van der Waals surface area contributed by atoms with Crippen LogP contribution >= 0.6 is 0 Å². The van der Waals surface area contributed by atoms with Gasteiger partial charge in [0.15, 0.2) is 5.82 Å². The van der Waals surface area contributed by atoms with Crippen molar-refractivity contribution in [3.05, 3.63) is 42.2 Å². The molecule has 1 aromatic heterocycles. The fourth-order valence-corrected chi connectivity index (χ4v) is 5.41. The highest BCUT2D eigenvalue weighted by molar-refractivity contribution is 5.55. The first-order valence-corrected chi connectivity index (χ1v) is 14.7. The summed E-state index contributed by atoms with van der Waals surface area (Å²) in [6.07, 6.45) is 24.1. The number of rotatable bonds is 16. The first-order valence-electron chi connectivity index (χ1n) is 14.7. The van der Waals surface area contributed by atoms with Gasteiger partial charge in [0.2, 0.25) is 0 Å². The van der Waals surface area contributed by atoms with E-state index in [9.17, 15) is 0 Å². The van der Waals surface area contributed by atoms with Crippen LogP contribution < -0.4 is 4.74 Å². The van der Waals surface area contributed by atoms with Crippen LogP contribution in [0.3, 0.4) is 0 Å². The maximum Gasteiger partial charge on any atom is 0.159 e. The van der Waals surface area contributed by atoms with Crippen LogP contribution in [0.5, 0.6) is 5.75 Å². The van der Waals surface area contributed by atoms with E-state index in [2.05, 4.69) is 55.0 Å². The van der Waals surface area contributed by atoms with Crippen LogP contribution in [-0.4, -0.2) is 16.6 Å². The predicted octanol–water partition coefficient (Wildman–Crippen LogP) is 9.45. The molecule has 1 saturated carbocycles. The summed E-state index contributed by atoms with van der Waals surface area (Å²) in [7, 11) is 0.